The van der Waals surface area contributed by atoms with Crippen molar-refractivity contribution in [1.82, 2.24) is 15.2 Å². The number of nitrogens with one attached hydrogen (secondary N) is 1. The molecule has 1 amide bonds. The van der Waals surface area contributed by atoms with Crippen LogP contribution in [0.15, 0.2) is 34.0 Å². The van der Waals surface area contributed by atoms with Gasteiger partial charge in [-0.1, -0.05) is 23.1 Å². The van der Waals surface area contributed by atoms with Crippen LogP contribution in [-0.4, -0.2) is 28.2 Å². The molecule has 0 aliphatic heterocycles. The summed E-state index contributed by atoms with van der Waals surface area (Å²) < 4.78 is 6.08. The van der Waals surface area contributed by atoms with Gasteiger partial charge in [0.2, 0.25) is 5.01 Å². The number of ether oxygens (including phenoxy) is 1. The highest BCUT2D eigenvalue weighted by atomic mass is 32.2. The Balaban J connectivity index is 1.58. The maximum atomic E-state index is 12.2. The Kier molecular flexibility index (Phi) is 5.44. The Bertz CT molecular complexity index is 829. The smallest absolute Gasteiger partial charge is 0.286 e. The van der Waals surface area contributed by atoms with Crippen molar-refractivity contribution in [2.45, 2.75) is 17.0 Å². The van der Waals surface area contributed by atoms with E-state index in [0.29, 0.717) is 16.4 Å². The zero-order chi connectivity index (χ0) is 16.9. The predicted octanol–water partition coefficient (Wildman–Crippen LogP) is 3.86. The van der Waals surface area contributed by atoms with E-state index in [0.717, 1.165) is 20.8 Å². The third-order valence-corrected chi connectivity index (χ3v) is 6.18. The minimum absolute atomic E-state index is 0.265. The number of carbonyl (C=O) groups excluding carboxylic acids is 1. The number of nitrogens with zero attached hydrogens (tertiary/aromatic N) is 3. The number of thioether (sulfide) groups is 1. The minimum atomic E-state index is -0.265. The molecule has 0 spiro atoms. The van der Waals surface area contributed by atoms with Crippen molar-refractivity contribution in [2.75, 3.05) is 12.4 Å². The molecular weight excluding hydrogens is 364 g/mol. The Hall–Kier alpha value is -1.97. The van der Waals surface area contributed by atoms with Crippen LogP contribution in [0.1, 0.15) is 20.5 Å². The molecule has 0 atom stereocenters. The van der Waals surface area contributed by atoms with Crippen molar-refractivity contribution in [1.29, 1.82) is 0 Å². The molecule has 0 aliphatic carbocycles. The number of hydrogen-bond donors (Lipinski definition) is 1. The van der Waals surface area contributed by atoms with Crippen LogP contribution in [0.3, 0.4) is 0 Å². The van der Waals surface area contributed by atoms with E-state index >= 15 is 0 Å². The average Bonchev–Trinajstić information content (AvgIpc) is 3.22. The van der Waals surface area contributed by atoms with E-state index in [4.69, 9.17) is 4.74 Å². The van der Waals surface area contributed by atoms with Gasteiger partial charge < -0.3 is 10.1 Å². The van der Waals surface area contributed by atoms with Crippen molar-refractivity contribution < 1.29 is 9.53 Å². The van der Waals surface area contributed by atoms with Crippen molar-refractivity contribution in [3.63, 3.8) is 0 Å². The summed E-state index contributed by atoms with van der Waals surface area (Å²) in [6.45, 7) is 1.97. The molecule has 24 heavy (non-hydrogen) atoms. The van der Waals surface area contributed by atoms with Crippen LogP contribution in [0.25, 0.3) is 0 Å². The lowest BCUT2D eigenvalue weighted by Gasteiger charge is -2.03. The standard InChI is InChI=1S/C15H14N4O2S3/c1-9-7-22-15(16-9)23-8-12-18-19-14(24-12)13(20)17-10-3-5-11(21-2)6-4-10/h3-7H,8H2,1-2H3,(H,17,20). The molecular formula is C15H14N4O2S3. The van der Waals surface area contributed by atoms with Gasteiger partial charge in [-0.05, 0) is 31.2 Å². The summed E-state index contributed by atoms with van der Waals surface area (Å²) in [7, 11) is 1.60. The van der Waals surface area contributed by atoms with Crippen molar-refractivity contribution >= 4 is 46.0 Å². The van der Waals surface area contributed by atoms with Gasteiger partial charge in [0.05, 0.1) is 12.9 Å². The molecule has 0 radical (unpaired) electrons. The molecule has 2 heterocycles. The van der Waals surface area contributed by atoms with Crippen LogP contribution in [0, 0.1) is 6.92 Å². The number of amides is 1. The molecule has 0 fully saturated rings. The maximum absolute atomic E-state index is 12.2. The number of aromatic nitrogens is 3. The highest BCUT2D eigenvalue weighted by Crippen LogP contribution is 2.27. The summed E-state index contributed by atoms with van der Waals surface area (Å²) in [5.74, 6) is 1.13. The Morgan fingerprint density at radius 3 is 2.75 bits per heavy atom. The van der Waals surface area contributed by atoms with E-state index < -0.39 is 0 Å². The molecule has 1 aromatic carbocycles. The number of thiazole rings is 1. The van der Waals surface area contributed by atoms with Gasteiger partial charge in [0.1, 0.15) is 10.8 Å². The molecule has 124 valence electrons. The Morgan fingerprint density at radius 2 is 2.08 bits per heavy atom. The number of hydrogen-bond acceptors (Lipinski definition) is 8. The van der Waals surface area contributed by atoms with Gasteiger partial charge in [-0.3, -0.25) is 4.79 Å². The Labute approximate surface area is 151 Å². The fourth-order valence-electron chi connectivity index (χ4n) is 1.78. The highest BCUT2D eigenvalue weighted by Gasteiger charge is 2.14. The third-order valence-electron chi connectivity index (χ3n) is 2.93. The highest BCUT2D eigenvalue weighted by molar-refractivity contribution is 8.00. The van der Waals surface area contributed by atoms with Crippen LogP contribution in [0.5, 0.6) is 5.75 Å². The summed E-state index contributed by atoms with van der Waals surface area (Å²) in [5, 5.41) is 14.0. The van der Waals surface area contributed by atoms with Crippen molar-refractivity contribution in [3.8, 4) is 5.75 Å². The molecule has 2 aromatic heterocycles. The Morgan fingerprint density at radius 1 is 1.29 bits per heavy atom. The summed E-state index contributed by atoms with van der Waals surface area (Å²) in [4.78, 5) is 16.6. The molecule has 0 saturated carbocycles. The topological polar surface area (TPSA) is 77.0 Å². The van der Waals surface area contributed by atoms with Crippen LogP contribution < -0.4 is 10.1 Å². The van der Waals surface area contributed by atoms with Crippen molar-refractivity contribution in [3.05, 3.63) is 45.4 Å². The van der Waals surface area contributed by atoms with Crippen LogP contribution in [0.2, 0.25) is 0 Å². The molecule has 9 heteroatoms. The number of rotatable bonds is 6. The molecule has 0 bridgehead atoms. The fourth-order valence-corrected chi connectivity index (χ4v) is 4.35. The second-order valence-corrected chi connectivity index (χ2v) is 7.87. The number of benzene rings is 1. The molecule has 0 aliphatic rings. The molecule has 3 aromatic rings. The summed E-state index contributed by atoms with van der Waals surface area (Å²) in [6.07, 6.45) is 0. The first-order valence-corrected chi connectivity index (χ1v) is 9.65. The van der Waals surface area contributed by atoms with E-state index in [1.807, 2.05) is 12.3 Å². The second kappa shape index (κ2) is 7.73. The zero-order valence-corrected chi connectivity index (χ0v) is 15.4. The van der Waals surface area contributed by atoms with E-state index in [-0.39, 0.29) is 5.91 Å². The lowest BCUT2D eigenvalue weighted by atomic mass is 10.3. The van der Waals surface area contributed by atoms with E-state index in [9.17, 15) is 4.79 Å². The maximum Gasteiger partial charge on any atom is 0.286 e. The molecule has 3 rings (SSSR count). The number of anilines is 1. The number of carbonyl (C=O) groups is 1. The van der Waals surface area contributed by atoms with E-state index in [1.165, 1.54) is 11.3 Å². The van der Waals surface area contributed by atoms with Gasteiger partial charge in [-0.2, -0.15) is 0 Å². The summed E-state index contributed by atoms with van der Waals surface area (Å²) in [5.41, 5.74) is 1.70. The summed E-state index contributed by atoms with van der Waals surface area (Å²) >= 11 is 4.49. The van der Waals surface area contributed by atoms with Gasteiger partial charge >= 0.3 is 0 Å². The first-order valence-electron chi connectivity index (χ1n) is 6.97. The number of methoxy groups -OCH3 is 1. The predicted molar refractivity (Wildman–Crippen MR) is 97.3 cm³/mol. The lowest BCUT2D eigenvalue weighted by Crippen LogP contribution is -2.11. The molecule has 0 saturated heterocycles. The van der Waals surface area contributed by atoms with Crippen LogP contribution in [-0.2, 0) is 5.75 Å². The van der Waals surface area contributed by atoms with Gasteiger partial charge in [-0.25, -0.2) is 4.98 Å². The fraction of sp³-hybridized carbons (Fsp3) is 0.200. The third kappa shape index (κ3) is 4.31. The molecule has 1 N–H and O–H groups in total. The van der Waals surface area contributed by atoms with Gasteiger partial charge in [0, 0.05) is 16.8 Å². The van der Waals surface area contributed by atoms with E-state index in [1.54, 1.807) is 54.5 Å². The second-order valence-electron chi connectivity index (χ2n) is 4.73. The molecule has 6 nitrogen and oxygen atoms in total. The molecule has 0 unspecified atom stereocenters. The lowest BCUT2D eigenvalue weighted by molar-refractivity contribution is 0.102. The average molecular weight is 379 g/mol. The summed E-state index contributed by atoms with van der Waals surface area (Å²) in [6, 6.07) is 7.13. The van der Waals surface area contributed by atoms with Crippen molar-refractivity contribution in [2.24, 2.45) is 0 Å². The largest absolute Gasteiger partial charge is 0.497 e. The monoisotopic (exact) mass is 378 g/mol. The SMILES string of the molecule is COc1ccc(NC(=O)c2nnc(CSc3nc(C)cs3)s2)cc1. The van der Waals surface area contributed by atoms with E-state index in [2.05, 4.69) is 20.5 Å². The van der Waals surface area contributed by atoms with Gasteiger partial charge in [0.25, 0.3) is 5.91 Å². The van der Waals surface area contributed by atoms with Crippen LogP contribution >= 0.6 is 34.4 Å². The van der Waals surface area contributed by atoms with Crippen LogP contribution in [0.4, 0.5) is 5.69 Å². The normalized spacial score (nSPS) is 10.6. The first-order chi connectivity index (χ1) is 11.6. The minimum Gasteiger partial charge on any atom is -0.497 e. The quantitative estimate of drug-likeness (QED) is 0.657. The van der Waals surface area contributed by atoms with Gasteiger partial charge in [-0.15, -0.1) is 21.5 Å². The zero-order valence-electron chi connectivity index (χ0n) is 13.0. The van der Waals surface area contributed by atoms with Gasteiger partial charge in [0.15, 0.2) is 4.34 Å². The number of aryl methyl sites for hydroxylation is 1. The first kappa shape index (κ1) is 16.9.